The van der Waals surface area contributed by atoms with Crippen molar-refractivity contribution in [3.8, 4) is 0 Å². The Morgan fingerprint density at radius 2 is 1.68 bits per heavy atom. The van der Waals surface area contributed by atoms with Crippen LogP contribution in [0.2, 0.25) is 10.6 Å². The van der Waals surface area contributed by atoms with Gasteiger partial charge in [-0.15, -0.1) is 0 Å². The summed E-state index contributed by atoms with van der Waals surface area (Å²) in [6, 6.07) is 3.32. The first kappa shape index (κ1) is 18.2. The highest BCUT2D eigenvalue weighted by atomic mass is 35.5. The fourth-order valence-electron chi connectivity index (χ4n) is 2.50. The molecule has 1 atom stereocenters. The molecule has 2 saturated carbocycles. The highest BCUT2D eigenvalue weighted by Crippen LogP contribution is 2.44. The normalized spacial score (nSPS) is 18.7. The molecule has 4 rings (SSSR count). The lowest BCUT2D eigenvalue weighted by Crippen LogP contribution is -2.25. The summed E-state index contributed by atoms with van der Waals surface area (Å²) < 4.78 is 0. The average Bonchev–Trinajstić information content (AvgIpc) is 3.47. The third-order valence-corrected chi connectivity index (χ3v) is 4.71. The smallest absolute Gasteiger partial charge is 0.222 e. The zero-order valence-corrected chi connectivity index (χ0v) is 15.2. The van der Waals surface area contributed by atoms with Crippen LogP contribution in [-0.4, -0.2) is 30.8 Å². The molecule has 0 radical (unpaired) electrons. The van der Waals surface area contributed by atoms with Crippen LogP contribution in [0.15, 0.2) is 24.5 Å². The molecule has 0 bridgehead atoms. The van der Waals surface area contributed by atoms with Crippen molar-refractivity contribution >= 4 is 29.0 Å². The molecule has 1 unspecified atom stereocenters. The SMILES string of the molecule is CC(O)(c1ccnc(Cl)n1)C1CC1.O=C(c1ccnc(Cl)n1)C1CC1. The first-order chi connectivity index (χ1) is 11.9. The van der Waals surface area contributed by atoms with Crippen LogP contribution in [-0.2, 0) is 5.60 Å². The Balaban J connectivity index is 0.000000146. The second-order valence-electron chi connectivity index (χ2n) is 6.48. The maximum atomic E-state index is 11.4. The summed E-state index contributed by atoms with van der Waals surface area (Å²) in [7, 11) is 0. The van der Waals surface area contributed by atoms with Gasteiger partial charge in [-0.05, 0) is 73.9 Å². The summed E-state index contributed by atoms with van der Waals surface area (Å²) in [4.78, 5) is 26.7. The number of ketones is 1. The largest absolute Gasteiger partial charge is 0.384 e. The Labute approximate surface area is 155 Å². The predicted octanol–water partition coefficient (Wildman–Crippen LogP) is 3.47. The van der Waals surface area contributed by atoms with Crippen molar-refractivity contribution in [3.05, 3.63) is 46.5 Å². The Hall–Kier alpha value is -1.63. The van der Waals surface area contributed by atoms with Gasteiger partial charge in [0.05, 0.1) is 5.69 Å². The number of nitrogens with zero attached hydrogens (tertiary/aromatic N) is 4. The lowest BCUT2D eigenvalue weighted by atomic mass is 9.96. The first-order valence-corrected chi connectivity index (χ1v) is 8.87. The van der Waals surface area contributed by atoms with Crippen LogP contribution >= 0.6 is 23.2 Å². The summed E-state index contributed by atoms with van der Waals surface area (Å²) in [6.45, 7) is 1.78. The van der Waals surface area contributed by atoms with Gasteiger partial charge in [0.15, 0.2) is 5.78 Å². The van der Waals surface area contributed by atoms with Gasteiger partial charge in [-0.1, -0.05) is 0 Å². The van der Waals surface area contributed by atoms with E-state index in [0.717, 1.165) is 25.7 Å². The molecule has 1 N–H and O–H groups in total. The maximum absolute atomic E-state index is 11.4. The van der Waals surface area contributed by atoms with Gasteiger partial charge >= 0.3 is 0 Å². The van der Waals surface area contributed by atoms with Crippen molar-refractivity contribution in [2.45, 2.75) is 38.2 Å². The monoisotopic (exact) mass is 380 g/mol. The highest BCUT2D eigenvalue weighted by molar-refractivity contribution is 6.28. The van der Waals surface area contributed by atoms with E-state index in [-0.39, 0.29) is 22.3 Å². The van der Waals surface area contributed by atoms with E-state index >= 15 is 0 Å². The molecule has 132 valence electrons. The van der Waals surface area contributed by atoms with Gasteiger partial charge in [-0.2, -0.15) is 0 Å². The lowest BCUT2D eigenvalue weighted by Gasteiger charge is -2.21. The maximum Gasteiger partial charge on any atom is 0.222 e. The van der Waals surface area contributed by atoms with E-state index < -0.39 is 5.60 Å². The molecule has 25 heavy (non-hydrogen) atoms. The molecule has 0 amide bonds. The van der Waals surface area contributed by atoms with E-state index in [9.17, 15) is 9.90 Å². The van der Waals surface area contributed by atoms with Crippen molar-refractivity contribution in [1.29, 1.82) is 0 Å². The molecule has 2 aliphatic carbocycles. The summed E-state index contributed by atoms with van der Waals surface area (Å²) in [5.74, 6) is 0.619. The summed E-state index contributed by atoms with van der Waals surface area (Å²) in [5.41, 5.74) is 0.222. The summed E-state index contributed by atoms with van der Waals surface area (Å²) >= 11 is 11.2. The zero-order valence-electron chi connectivity index (χ0n) is 13.7. The van der Waals surface area contributed by atoms with Crippen molar-refractivity contribution in [2.24, 2.45) is 11.8 Å². The molecule has 6 nitrogen and oxygen atoms in total. The zero-order chi connectivity index (χ0) is 18.0. The van der Waals surface area contributed by atoms with Crippen LogP contribution in [0.5, 0.6) is 0 Å². The molecule has 2 aromatic rings. The standard InChI is InChI=1S/C9H11ClN2O.C8H7ClN2O/c1-9(13,6-2-3-6)7-4-5-11-8(10)12-7;9-8-10-4-3-6(11-8)7(12)5-1-2-5/h4-6,13H,2-3H2,1H3;3-5H,1-2H2. The van der Waals surface area contributed by atoms with Crippen LogP contribution in [0.1, 0.15) is 48.8 Å². The number of carbonyl (C=O) groups excluding carboxylic acids is 1. The molecular formula is C17H18Cl2N4O2. The topological polar surface area (TPSA) is 88.9 Å². The van der Waals surface area contributed by atoms with Crippen LogP contribution < -0.4 is 0 Å². The predicted molar refractivity (Wildman–Crippen MR) is 93.4 cm³/mol. The van der Waals surface area contributed by atoms with Crippen LogP contribution in [0, 0.1) is 11.8 Å². The Morgan fingerprint density at radius 3 is 2.20 bits per heavy atom. The van der Waals surface area contributed by atoms with E-state index in [1.165, 1.54) is 6.20 Å². The molecule has 0 spiro atoms. The number of hydrogen-bond acceptors (Lipinski definition) is 6. The minimum absolute atomic E-state index is 0.0966. The van der Waals surface area contributed by atoms with Crippen molar-refractivity contribution in [3.63, 3.8) is 0 Å². The molecule has 2 fully saturated rings. The summed E-state index contributed by atoms with van der Waals surface area (Å²) in [6.07, 6.45) is 7.18. The molecule has 8 heteroatoms. The number of aromatic nitrogens is 4. The lowest BCUT2D eigenvalue weighted by molar-refractivity contribution is 0.0285. The molecule has 2 aliphatic rings. The Bertz CT molecular complexity index is 777. The minimum atomic E-state index is -0.841. The number of Topliss-reactive ketones (excluding diaryl/α,β-unsaturated/α-hetero) is 1. The van der Waals surface area contributed by atoms with E-state index in [0.29, 0.717) is 17.3 Å². The fraction of sp³-hybridized carbons (Fsp3) is 0.471. The number of hydrogen-bond donors (Lipinski definition) is 1. The molecule has 0 saturated heterocycles. The van der Waals surface area contributed by atoms with E-state index in [1.807, 2.05) is 0 Å². The third-order valence-electron chi connectivity index (χ3n) is 4.34. The molecule has 2 heterocycles. The van der Waals surface area contributed by atoms with Crippen molar-refractivity contribution in [2.75, 3.05) is 0 Å². The van der Waals surface area contributed by atoms with Gasteiger partial charge in [0.1, 0.15) is 11.3 Å². The van der Waals surface area contributed by atoms with Crippen LogP contribution in [0.25, 0.3) is 0 Å². The molecule has 0 aromatic carbocycles. The Kier molecular flexibility index (Phi) is 5.32. The Morgan fingerprint density at radius 1 is 1.08 bits per heavy atom. The third kappa shape index (κ3) is 4.71. The molecular weight excluding hydrogens is 363 g/mol. The van der Waals surface area contributed by atoms with Gasteiger partial charge < -0.3 is 5.11 Å². The summed E-state index contributed by atoms with van der Waals surface area (Å²) in [5, 5.41) is 10.4. The first-order valence-electron chi connectivity index (χ1n) is 8.12. The number of rotatable bonds is 4. The quantitative estimate of drug-likeness (QED) is 0.645. The van der Waals surface area contributed by atoms with Gasteiger partial charge in [0.25, 0.3) is 0 Å². The van der Waals surface area contributed by atoms with Gasteiger partial charge in [-0.25, -0.2) is 19.9 Å². The van der Waals surface area contributed by atoms with E-state index in [1.54, 1.807) is 25.3 Å². The second-order valence-corrected chi connectivity index (χ2v) is 7.16. The second kappa shape index (κ2) is 7.32. The van der Waals surface area contributed by atoms with E-state index in [2.05, 4.69) is 19.9 Å². The average molecular weight is 381 g/mol. The fourth-order valence-corrected chi connectivity index (χ4v) is 2.79. The molecule has 2 aromatic heterocycles. The van der Waals surface area contributed by atoms with Crippen molar-refractivity contribution < 1.29 is 9.90 Å². The minimum Gasteiger partial charge on any atom is -0.384 e. The van der Waals surface area contributed by atoms with E-state index in [4.69, 9.17) is 23.2 Å². The van der Waals surface area contributed by atoms with Gasteiger partial charge in [0, 0.05) is 18.3 Å². The number of carbonyl (C=O) groups is 1. The van der Waals surface area contributed by atoms with Gasteiger partial charge in [-0.3, -0.25) is 4.79 Å². The van der Waals surface area contributed by atoms with Crippen molar-refractivity contribution in [1.82, 2.24) is 19.9 Å². The van der Waals surface area contributed by atoms with Crippen LogP contribution in [0.4, 0.5) is 0 Å². The molecule has 0 aliphatic heterocycles. The highest BCUT2D eigenvalue weighted by Gasteiger charge is 2.42. The number of halogens is 2. The van der Waals surface area contributed by atoms with Crippen LogP contribution in [0.3, 0.4) is 0 Å². The van der Waals surface area contributed by atoms with Gasteiger partial charge in [0.2, 0.25) is 10.6 Å². The number of aliphatic hydroxyl groups is 1.